The molecule has 1 heteroatoms. The molecule has 0 saturated heterocycles. The second-order valence-electron chi connectivity index (χ2n) is 3.64. The maximum absolute atomic E-state index is 3.30. The van der Waals surface area contributed by atoms with Crippen molar-refractivity contribution in [1.82, 2.24) is 5.32 Å². The third kappa shape index (κ3) is 4.67. The molecule has 0 spiro atoms. The molecule has 15 heavy (non-hydrogen) atoms. The normalized spacial score (nSPS) is 11.6. The Morgan fingerprint density at radius 2 is 2.00 bits per heavy atom. The number of rotatable bonds is 5. The van der Waals surface area contributed by atoms with Crippen LogP contribution < -0.4 is 5.32 Å². The van der Waals surface area contributed by atoms with Gasteiger partial charge in [-0.2, -0.15) is 0 Å². The Hall–Kier alpha value is -1.26. The molecule has 1 aromatic carbocycles. The summed E-state index contributed by atoms with van der Waals surface area (Å²) < 4.78 is 0. The van der Waals surface area contributed by atoms with Crippen LogP contribution in [0.1, 0.15) is 25.3 Å². The number of aryl methyl sites for hydroxylation is 1. The lowest BCUT2D eigenvalue weighted by molar-refractivity contribution is 0.534. The van der Waals surface area contributed by atoms with Gasteiger partial charge in [0.05, 0.1) is 0 Å². The molecule has 0 aromatic heterocycles. The van der Waals surface area contributed by atoms with E-state index < -0.39 is 0 Å². The first-order valence-electron chi connectivity index (χ1n) is 5.47. The van der Waals surface area contributed by atoms with Gasteiger partial charge in [0.1, 0.15) is 0 Å². The average molecular weight is 201 g/mol. The van der Waals surface area contributed by atoms with Gasteiger partial charge in [0.15, 0.2) is 0 Å². The fraction of sp³-hybridized carbons (Fsp3) is 0.429. The molecule has 0 radical (unpaired) electrons. The average Bonchev–Trinajstić information content (AvgIpc) is 2.31. The molecule has 1 unspecified atom stereocenters. The molecule has 80 valence electrons. The monoisotopic (exact) mass is 201 g/mol. The zero-order valence-electron chi connectivity index (χ0n) is 9.59. The zero-order valence-corrected chi connectivity index (χ0v) is 9.59. The van der Waals surface area contributed by atoms with Gasteiger partial charge in [0.25, 0.3) is 0 Å². The summed E-state index contributed by atoms with van der Waals surface area (Å²) >= 11 is 0. The van der Waals surface area contributed by atoms with E-state index in [1.807, 2.05) is 14.0 Å². The van der Waals surface area contributed by atoms with Crippen molar-refractivity contribution in [2.75, 3.05) is 7.05 Å². The molecule has 0 fully saturated rings. The highest BCUT2D eigenvalue weighted by molar-refractivity contribution is 5.15. The largest absolute Gasteiger partial charge is 0.316 e. The molecule has 0 bridgehead atoms. The standard InChI is InChI=1S/C14H19N/c1-3-4-10-14(15-2)12-11-13-8-6-5-7-9-13/h5-9,14-15H,10-12H2,1-2H3. The molecule has 1 aromatic rings. The van der Waals surface area contributed by atoms with Gasteiger partial charge in [0, 0.05) is 12.5 Å². The number of hydrogen-bond donors (Lipinski definition) is 1. The molecular formula is C14H19N. The van der Waals surface area contributed by atoms with E-state index in [0.717, 1.165) is 19.3 Å². The van der Waals surface area contributed by atoms with E-state index in [-0.39, 0.29) is 0 Å². The fourth-order valence-corrected chi connectivity index (χ4v) is 1.56. The predicted octanol–water partition coefficient (Wildman–Crippen LogP) is 2.62. The van der Waals surface area contributed by atoms with Crippen LogP contribution in [-0.4, -0.2) is 13.1 Å². The lowest BCUT2D eigenvalue weighted by Crippen LogP contribution is -2.25. The number of hydrogen-bond acceptors (Lipinski definition) is 1. The summed E-state index contributed by atoms with van der Waals surface area (Å²) in [5, 5.41) is 3.30. The maximum atomic E-state index is 3.30. The second kappa shape index (κ2) is 7.09. The van der Waals surface area contributed by atoms with Crippen molar-refractivity contribution in [1.29, 1.82) is 0 Å². The van der Waals surface area contributed by atoms with Gasteiger partial charge >= 0.3 is 0 Å². The van der Waals surface area contributed by atoms with Crippen LogP contribution >= 0.6 is 0 Å². The molecule has 0 heterocycles. The third-order valence-electron chi connectivity index (χ3n) is 2.56. The van der Waals surface area contributed by atoms with Crippen LogP contribution in [0.2, 0.25) is 0 Å². The first kappa shape index (κ1) is 11.8. The summed E-state index contributed by atoms with van der Waals surface area (Å²) in [6.45, 7) is 1.89. The second-order valence-corrected chi connectivity index (χ2v) is 3.64. The Morgan fingerprint density at radius 1 is 1.27 bits per heavy atom. The van der Waals surface area contributed by atoms with Gasteiger partial charge in [0.2, 0.25) is 0 Å². The van der Waals surface area contributed by atoms with E-state index in [1.165, 1.54) is 5.56 Å². The van der Waals surface area contributed by atoms with Crippen molar-refractivity contribution >= 4 is 0 Å². The quantitative estimate of drug-likeness (QED) is 0.722. The van der Waals surface area contributed by atoms with Crippen molar-refractivity contribution in [2.24, 2.45) is 0 Å². The molecule has 0 aliphatic carbocycles. The highest BCUT2D eigenvalue weighted by atomic mass is 14.9. The minimum Gasteiger partial charge on any atom is -0.316 e. The third-order valence-corrected chi connectivity index (χ3v) is 2.56. The summed E-state index contributed by atoms with van der Waals surface area (Å²) in [5.41, 5.74) is 1.40. The Labute approximate surface area is 92.9 Å². The van der Waals surface area contributed by atoms with Gasteiger partial charge in [-0.3, -0.25) is 0 Å². The lowest BCUT2D eigenvalue weighted by atomic mass is 10.0. The van der Waals surface area contributed by atoms with E-state index in [2.05, 4.69) is 47.5 Å². The van der Waals surface area contributed by atoms with E-state index in [1.54, 1.807) is 0 Å². The first-order chi connectivity index (χ1) is 7.36. The molecule has 0 aliphatic rings. The van der Waals surface area contributed by atoms with Gasteiger partial charge < -0.3 is 5.32 Å². The van der Waals surface area contributed by atoms with Crippen LogP contribution in [0.15, 0.2) is 30.3 Å². The summed E-state index contributed by atoms with van der Waals surface area (Å²) in [7, 11) is 2.01. The molecular weight excluding hydrogens is 182 g/mol. The van der Waals surface area contributed by atoms with Crippen molar-refractivity contribution in [2.45, 2.75) is 32.2 Å². The van der Waals surface area contributed by atoms with E-state index >= 15 is 0 Å². The zero-order chi connectivity index (χ0) is 10.9. The maximum Gasteiger partial charge on any atom is 0.0243 e. The van der Waals surface area contributed by atoms with Gasteiger partial charge in [-0.05, 0) is 32.4 Å². The van der Waals surface area contributed by atoms with Crippen molar-refractivity contribution in [3.63, 3.8) is 0 Å². The van der Waals surface area contributed by atoms with Crippen LogP contribution in [0.5, 0.6) is 0 Å². The predicted molar refractivity (Wildman–Crippen MR) is 65.7 cm³/mol. The topological polar surface area (TPSA) is 12.0 Å². The van der Waals surface area contributed by atoms with Crippen molar-refractivity contribution < 1.29 is 0 Å². The first-order valence-corrected chi connectivity index (χ1v) is 5.47. The van der Waals surface area contributed by atoms with Crippen LogP contribution in [0.3, 0.4) is 0 Å². The summed E-state index contributed by atoms with van der Waals surface area (Å²) in [6.07, 6.45) is 3.22. The smallest absolute Gasteiger partial charge is 0.0243 e. The van der Waals surface area contributed by atoms with E-state index in [9.17, 15) is 0 Å². The molecule has 0 saturated carbocycles. The van der Waals surface area contributed by atoms with Crippen LogP contribution in [0.25, 0.3) is 0 Å². The Kier molecular flexibility index (Phi) is 5.58. The van der Waals surface area contributed by atoms with Crippen LogP contribution in [0.4, 0.5) is 0 Å². The molecule has 0 aliphatic heterocycles. The minimum atomic E-state index is 0.512. The molecule has 1 nitrogen and oxygen atoms in total. The summed E-state index contributed by atoms with van der Waals surface area (Å²) in [4.78, 5) is 0. The Balaban J connectivity index is 2.36. The summed E-state index contributed by atoms with van der Waals surface area (Å²) in [6, 6.07) is 11.1. The van der Waals surface area contributed by atoms with Crippen molar-refractivity contribution in [3.05, 3.63) is 35.9 Å². The van der Waals surface area contributed by atoms with E-state index in [0.29, 0.717) is 6.04 Å². The summed E-state index contributed by atoms with van der Waals surface area (Å²) in [5.74, 6) is 6.06. The number of benzene rings is 1. The highest BCUT2D eigenvalue weighted by Gasteiger charge is 2.03. The fourth-order valence-electron chi connectivity index (χ4n) is 1.56. The molecule has 1 rings (SSSR count). The molecule has 1 atom stereocenters. The lowest BCUT2D eigenvalue weighted by Gasteiger charge is -2.12. The molecule has 1 N–H and O–H groups in total. The minimum absolute atomic E-state index is 0.512. The highest BCUT2D eigenvalue weighted by Crippen LogP contribution is 2.06. The van der Waals surface area contributed by atoms with Crippen molar-refractivity contribution in [3.8, 4) is 11.8 Å². The van der Waals surface area contributed by atoms with Crippen LogP contribution in [-0.2, 0) is 6.42 Å². The van der Waals surface area contributed by atoms with Crippen LogP contribution in [0, 0.1) is 11.8 Å². The molecule has 0 amide bonds. The SMILES string of the molecule is CC#CCC(CCc1ccccc1)NC. The number of nitrogens with one attached hydrogen (secondary N) is 1. The Morgan fingerprint density at radius 3 is 2.60 bits per heavy atom. The Bertz CT molecular complexity index is 318. The van der Waals surface area contributed by atoms with E-state index in [4.69, 9.17) is 0 Å². The van der Waals surface area contributed by atoms with Gasteiger partial charge in [-0.1, -0.05) is 30.3 Å². The van der Waals surface area contributed by atoms with Gasteiger partial charge in [-0.25, -0.2) is 0 Å². The van der Waals surface area contributed by atoms with Gasteiger partial charge in [-0.15, -0.1) is 11.8 Å².